The van der Waals surface area contributed by atoms with E-state index in [0.717, 1.165) is 41.7 Å². The summed E-state index contributed by atoms with van der Waals surface area (Å²) >= 11 is 0. The molecule has 2 unspecified atom stereocenters. The van der Waals surface area contributed by atoms with E-state index in [4.69, 9.17) is 9.47 Å². The molecule has 2 atom stereocenters. The van der Waals surface area contributed by atoms with E-state index < -0.39 is 0 Å². The van der Waals surface area contributed by atoms with Crippen molar-refractivity contribution in [2.75, 3.05) is 7.11 Å². The van der Waals surface area contributed by atoms with Crippen molar-refractivity contribution in [3.8, 4) is 5.75 Å². The molecule has 1 heterocycles. The summed E-state index contributed by atoms with van der Waals surface area (Å²) in [6.07, 6.45) is 2.79. The molecule has 23 heavy (non-hydrogen) atoms. The Kier molecular flexibility index (Phi) is 3.37. The van der Waals surface area contributed by atoms with Gasteiger partial charge in [0.05, 0.1) is 12.7 Å². The molecule has 2 aromatic carbocycles. The maximum Gasteiger partial charge on any atom is 0.339 e. The van der Waals surface area contributed by atoms with E-state index in [1.807, 2.05) is 24.3 Å². The van der Waals surface area contributed by atoms with Crippen molar-refractivity contribution in [2.24, 2.45) is 5.92 Å². The highest BCUT2D eigenvalue weighted by Crippen LogP contribution is 2.43. The molecule has 4 rings (SSSR count). The normalized spacial score (nSPS) is 22.3. The predicted molar refractivity (Wildman–Crippen MR) is 87.9 cm³/mol. The fourth-order valence-corrected chi connectivity index (χ4v) is 3.86. The molecule has 0 saturated carbocycles. The lowest BCUT2D eigenvalue weighted by molar-refractivity contribution is 0.0451. The van der Waals surface area contributed by atoms with Gasteiger partial charge in [-0.25, -0.2) is 4.79 Å². The Morgan fingerprint density at radius 3 is 2.78 bits per heavy atom. The number of carbonyl (C=O) groups excluding carboxylic acids is 1. The number of rotatable bonds is 2. The van der Waals surface area contributed by atoms with Gasteiger partial charge < -0.3 is 9.47 Å². The summed E-state index contributed by atoms with van der Waals surface area (Å²) in [5.74, 6) is 1.25. The van der Waals surface area contributed by atoms with Crippen molar-refractivity contribution in [3.63, 3.8) is 0 Å². The van der Waals surface area contributed by atoms with Crippen LogP contribution in [0.3, 0.4) is 0 Å². The third-order valence-electron chi connectivity index (χ3n) is 5.03. The maximum atomic E-state index is 12.5. The molecule has 0 saturated heterocycles. The predicted octanol–water partition coefficient (Wildman–Crippen LogP) is 4.08. The number of methoxy groups -OCH3 is 1. The summed E-state index contributed by atoms with van der Waals surface area (Å²) < 4.78 is 11.2. The first-order valence-electron chi connectivity index (χ1n) is 8.17. The van der Waals surface area contributed by atoms with Crippen LogP contribution < -0.4 is 4.74 Å². The molecule has 0 radical (unpaired) electrons. The Morgan fingerprint density at radius 1 is 1.13 bits per heavy atom. The van der Waals surface area contributed by atoms with Crippen molar-refractivity contribution >= 4 is 5.97 Å². The topological polar surface area (TPSA) is 35.5 Å². The Balaban J connectivity index is 1.84. The molecule has 2 aromatic rings. The highest BCUT2D eigenvalue weighted by molar-refractivity contribution is 5.96. The Hall–Kier alpha value is -2.29. The average Bonchev–Trinajstić information content (AvgIpc) is 2.91. The molecule has 0 bridgehead atoms. The minimum absolute atomic E-state index is 0.192. The maximum absolute atomic E-state index is 12.5. The van der Waals surface area contributed by atoms with Gasteiger partial charge in [0.15, 0.2) is 6.10 Å². The average molecular weight is 308 g/mol. The Morgan fingerprint density at radius 2 is 1.96 bits per heavy atom. The number of esters is 1. The second-order valence-electron chi connectivity index (χ2n) is 6.54. The minimum Gasteiger partial charge on any atom is -0.496 e. The van der Waals surface area contributed by atoms with Crippen LogP contribution in [0.4, 0.5) is 0 Å². The van der Waals surface area contributed by atoms with E-state index in [2.05, 4.69) is 19.1 Å². The fraction of sp³-hybridized carbons (Fsp3) is 0.350. The zero-order chi connectivity index (χ0) is 16.0. The third-order valence-corrected chi connectivity index (χ3v) is 5.03. The van der Waals surface area contributed by atoms with E-state index in [1.54, 1.807) is 7.11 Å². The monoisotopic (exact) mass is 308 g/mol. The molecule has 0 spiro atoms. The summed E-state index contributed by atoms with van der Waals surface area (Å²) in [6, 6.07) is 12.0. The lowest BCUT2D eigenvalue weighted by Gasteiger charge is -2.23. The summed E-state index contributed by atoms with van der Waals surface area (Å²) in [5.41, 5.74) is 5.19. The number of fused-ring (bicyclic) bond motifs is 3. The van der Waals surface area contributed by atoms with E-state index in [9.17, 15) is 4.79 Å². The van der Waals surface area contributed by atoms with Crippen molar-refractivity contribution in [1.82, 2.24) is 0 Å². The largest absolute Gasteiger partial charge is 0.496 e. The van der Waals surface area contributed by atoms with Crippen LogP contribution in [-0.2, 0) is 17.6 Å². The Bertz CT molecular complexity index is 778. The number of cyclic esters (lactones) is 1. The van der Waals surface area contributed by atoms with Gasteiger partial charge in [0.25, 0.3) is 0 Å². The highest BCUT2D eigenvalue weighted by Gasteiger charge is 2.37. The molecule has 1 aliphatic heterocycles. The number of hydrogen-bond acceptors (Lipinski definition) is 3. The van der Waals surface area contributed by atoms with Crippen molar-refractivity contribution in [3.05, 3.63) is 64.2 Å². The van der Waals surface area contributed by atoms with Crippen LogP contribution in [0.15, 0.2) is 36.4 Å². The molecule has 3 heteroatoms. The third kappa shape index (κ3) is 2.23. The molecule has 2 aliphatic rings. The molecular weight excluding hydrogens is 288 g/mol. The second-order valence-corrected chi connectivity index (χ2v) is 6.54. The molecule has 0 amide bonds. The van der Waals surface area contributed by atoms with Crippen LogP contribution in [-0.4, -0.2) is 13.1 Å². The van der Waals surface area contributed by atoms with Gasteiger partial charge in [0, 0.05) is 11.1 Å². The van der Waals surface area contributed by atoms with Gasteiger partial charge in [-0.3, -0.25) is 0 Å². The van der Waals surface area contributed by atoms with Gasteiger partial charge in [-0.05, 0) is 42.4 Å². The van der Waals surface area contributed by atoms with E-state index in [1.165, 1.54) is 11.1 Å². The Labute approximate surface area is 136 Å². The molecule has 0 aromatic heterocycles. The lowest BCUT2D eigenvalue weighted by atomic mass is 9.81. The standard InChI is InChI=1S/C20H20O3/c1-12-7-9-14-13(11-12)8-10-16-18(14)20(21)23-19(16)15-5-3-4-6-17(15)22-2/h3-6,8,10,12,19H,7,9,11H2,1-2H3. The van der Waals surface area contributed by atoms with Gasteiger partial charge in [-0.1, -0.05) is 37.3 Å². The van der Waals surface area contributed by atoms with Gasteiger partial charge in [0.2, 0.25) is 0 Å². The van der Waals surface area contributed by atoms with Gasteiger partial charge in [-0.15, -0.1) is 0 Å². The number of carbonyl (C=O) groups is 1. The van der Waals surface area contributed by atoms with Crippen LogP contribution in [0.25, 0.3) is 0 Å². The van der Waals surface area contributed by atoms with Crippen LogP contribution in [0, 0.1) is 5.92 Å². The van der Waals surface area contributed by atoms with E-state index >= 15 is 0 Å². The summed E-state index contributed by atoms with van der Waals surface area (Å²) in [6.45, 7) is 2.27. The van der Waals surface area contributed by atoms with Gasteiger partial charge in [-0.2, -0.15) is 0 Å². The van der Waals surface area contributed by atoms with Crippen molar-refractivity contribution in [1.29, 1.82) is 0 Å². The van der Waals surface area contributed by atoms with Crippen LogP contribution in [0.5, 0.6) is 5.75 Å². The molecule has 1 aliphatic carbocycles. The minimum atomic E-state index is -0.363. The smallest absolute Gasteiger partial charge is 0.339 e. The van der Waals surface area contributed by atoms with Crippen LogP contribution >= 0.6 is 0 Å². The van der Waals surface area contributed by atoms with Crippen LogP contribution in [0.1, 0.15) is 52.1 Å². The van der Waals surface area contributed by atoms with Gasteiger partial charge in [0.1, 0.15) is 5.75 Å². The van der Waals surface area contributed by atoms with Crippen LogP contribution in [0.2, 0.25) is 0 Å². The second kappa shape index (κ2) is 5.41. The highest BCUT2D eigenvalue weighted by atomic mass is 16.6. The number of benzene rings is 2. The summed E-state index contributed by atoms with van der Waals surface area (Å²) in [4.78, 5) is 12.5. The van der Waals surface area contributed by atoms with Crippen molar-refractivity contribution in [2.45, 2.75) is 32.3 Å². The summed E-state index contributed by atoms with van der Waals surface area (Å²) in [5, 5.41) is 0. The van der Waals surface area contributed by atoms with Gasteiger partial charge >= 0.3 is 5.97 Å². The zero-order valence-corrected chi connectivity index (χ0v) is 13.5. The first kappa shape index (κ1) is 14.3. The van der Waals surface area contributed by atoms with E-state index in [-0.39, 0.29) is 12.1 Å². The first-order chi connectivity index (χ1) is 11.2. The zero-order valence-electron chi connectivity index (χ0n) is 13.5. The number of para-hydroxylation sites is 1. The van der Waals surface area contributed by atoms with E-state index in [0.29, 0.717) is 5.92 Å². The number of ether oxygens (including phenoxy) is 2. The molecule has 118 valence electrons. The quantitative estimate of drug-likeness (QED) is 0.784. The lowest BCUT2D eigenvalue weighted by Crippen LogP contribution is -2.15. The SMILES string of the molecule is COc1ccccc1C1OC(=O)c2c1ccc1c2CCC(C)C1. The molecule has 0 N–H and O–H groups in total. The van der Waals surface area contributed by atoms with Crippen molar-refractivity contribution < 1.29 is 14.3 Å². The summed E-state index contributed by atoms with van der Waals surface area (Å²) in [7, 11) is 1.64. The molecular formula is C20H20O3. The number of hydrogen-bond donors (Lipinski definition) is 0. The fourth-order valence-electron chi connectivity index (χ4n) is 3.86. The molecule has 3 nitrogen and oxygen atoms in total. The molecule has 0 fully saturated rings. The first-order valence-corrected chi connectivity index (χ1v) is 8.17.